The molecule has 1 aromatic carbocycles. The monoisotopic (exact) mass is 699 g/mol. The van der Waals surface area contributed by atoms with Crippen molar-refractivity contribution in [2.75, 3.05) is 28.6 Å². The van der Waals surface area contributed by atoms with Gasteiger partial charge in [-0.1, -0.05) is 23.5 Å². The molecule has 48 heavy (non-hydrogen) atoms. The summed E-state index contributed by atoms with van der Waals surface area (Å²) in [5.74, 6) is -4.15. The van der Waals surface area contributed by atoms with Crippen molar-refractivity contribution in [2.24, 2.45) is 7.05 Å². The molecule has 14 nitrogen and oxygen atoms in total. The van der Waals surface area contributed by atoms with Gasteiger partial charge in [0, 0.05) is 37.8 Å². The van der Waals surface area contributed by atoms with Crippen LogP contribution in [0, 0.1) is 0 Å². The van der Waals surface area contributed by atoms with Gasteiger partial charge < -0.3 is 19.7 Å². The highest BCUT2D eigenvalue weighted by Gasteiger charge is 2.44. The molecule has 0 spiro atoms. The van der Waals surface area contributed by atoms with Crippen LogP contribution >= 0.6 is 11.3 Å². The highest BCUT2D eigenvalue weighted by atomic mass is 32.1. The first-order valence-electron chi connectivity index (χ1n) is 13.8. The Kier molecular flexibility index (Phi) is 9.77. The quantitative estimate of drug-likeness (QED) is 0.182. The third-order valence-corrected chi connectivity index (χ3v) is 7.67. The molecule has 254 valence electrons. The molecule has 2 atom stereocenters. The Morgan fingerprint density at radius 2 is 1.83 bits per heavy atom. The topological polar surface area (TPSA) is 166 Å². The van der Waals surface area contributed by atoms with E-state index in [0.717, 1.165) is 29.7 Å². The molecule has 0 aliphatic carbocycles. The molecule has 0 saturated carbocycles. The maximum absolute atomic E-state index is 12.9. The summed E-state index contributed by atoms with van der Waals surface area (Å²) in [5.41, 5.74) is 0.208. The summed E-state index contributed by atoms with van der Waals surface area (Å²) in [6.07, 6.45) is -9.43. The molecule has 21 heteroatoms. The zero-order valence-corrected chi connectivity index (χ0v) is 25.3. The van der Waals surface area contributed by atoms with Gasteiger partial charge in [-0.2, -0.15) is 18.3 Å². The Balaban J connectivity index is 1.15. The van der Waals surface area contributed by atoms with Crippen LogP contribution in [0.4, 0.5) is 43.1 Å². The summed E-state index contributed by atoms with van der Waals surface area (Å²) in [4.78, 5) is 38.6. The Hall–Kier alpha value is -5.34. The predicted molar refractivity (Wildman–Crippen MR) is 154 cm³/mol. The standard InChI is InChI=1S/C27H23F6N9O5S/c1-41-12-16(11-34-41)21(46-24(45)26(28,29)30)22(44)36-25-40-39-23(48-25)15-7-8-42(13-15)19-6-5-18(37-38-19)35-20(43)10-14-3-2-4-17(9-14)47-27(31,32)33/h2-6,9,11-12,15,21H,7-8,10,13H2,1H3,(H,35,37,43)(H,36,40,44). The van der Waals surface area contributed by atoms with Crippen molar-refractivity contribution < 1.29 is 50.2 Å². The number of ether oxygens (including phenoxy) is 2. The first-order chi connectivity index (χ1) is 22.6. The third-order valence-electron chi connectivity index (χ3n) is 6.67. The molecule has 1 fully saturated rings. The predicted octanol–water partition coefficient (Wildman–Crippen LogP) is 3.92. The lowest BCUT2D eigenvalue weighted by Gasteiger charge is -2.16. The second kappa shape index (κ2) is 13.8. The van der Waals surface area contributed by atoms with Crippen LogP contribution in [-0.4, -0.2) is 73.6 Å². The molecule has 0 radical (unpaired) electrons. The van der Waals surface area contributed by atoms with Crippen LogP contribution in [-0.2, 0) is 32.6 Å². The molecule has 2 N–H and O–H groups in total. The first-order valence-corrected chi connectivity index (χ1v) is 14.6. The lowest BCUT2D eigenvalue weighted by Crippen LogP contribution is -2.32. The van der Waals surface area contributed by atoms with E-state index in [2.05, 4.69) is 45.6 Å². The number of hydrogen-bond acceptors (Lipinski definition) is 12. The van der Waals surface area contributed by atoms with Crippen molar-refractivity contribution in [3.63, 3.8) is 0 Å². The van der Waals surface area contributed by atoms with Gasteiger partial charge in [0.05, 0.1) is 12.6 Å². The summed E-state index contributed by atoms with van der Waals surface area (Å²) in [7, 11) is 1.47. The number of esters is 1. The number of benzene rings is 1. The van der Waals surface area contributed by atoms with E-state index in [4.69, 9.17) is 0 Å². The van der Waals surface area contributed by atoms with Gasteiger partial charge in [-0.3, -0.25) is 19.6 Å². The summed E-state index contributed by atoms with van der Waals surface area (Å²) < 4.78 is 85.5. The van der Waals surface area contributed by atoms with Gasteiger partial charge >= 0.3 is 18.5 Å². The largest absolute Gasteiger partial charge is 0.573 e. The number of hydrogen-bond donors (Lipinski definition) is 2. The lowest BCUT2D eigenvalue weighted by molar-refractivity contribution is -0.274. The molecule has 2 amide bonds. The van der Waals surface area contributed by atoms with Crippen LogP contribution in [0.2, 0.25) is 0 Å². The van der Waals surface area contributed by atoms with Crippen molar-refractivity contribution in [3.8, 4) is 5.75 Å². The fourth-order valence-corrected chi connectivity index (χ4v) is 5.47. The second-order valence-corrected chi connectivity index (χ2v) is 11.3. The molecule has 1 saturated heterocycles. The van der Waals surface area contributed by atoms with Crippen molar-refractivity contribution in [1.82, 2.24) is 30.2 Å². The van der Waals surface area contributed by atoms with E-state index in [0.29, 0.717) is 35.9 Å². The normalized spacial score (nSPS) is 15.6. The maximum Gasteiger partial charge on any atom is 0.573 e. The molecule has 1 aliphatic heterocycles. The second-order valence-electron chi connectivity index (χ2n) is 10.3. The molecule has 1 aliphatic rings. The van der Waals surface area contributed by atoms with Gasteiger partial charge in [0.25, 0.3) is 5.91 Å². The number of carbonyl (C=O) groups excluding carboxylic acids is 3. The van der Waals surface area contributed by atoms with Crippen LogP contribution in [0.15, 0.2) is 48.8 Å². The summed E-state index contributed by atoms with van der Waals surface area (Å²) >= 11 is 1.000. The fourth-order valence-electron chi connectivity index (χ4n) is 4.60. The summed E-state index contributed by atoms with van der Waals surface area (Å²) in [6.45, 7) is 0.972. The van der Waals surface area contributed by atoms with Crippen LogP contribution in [0.1, 0.15) is 34.6 Å². The number of aromatic nitrogens is 6. The number of halogens is 6. The minimum absolute atomic E-state index is 0.0233. The molecule has 4 aromatic rings. The van der Waals surface area contributed by atoms with Crippen LogP contribution in [0.25, 0.3) is 0 Å². The molecule has 0 bridgehead atoms. The van der Waals surface area contributed by atoms with Crippen LogP contribution in [0.5, 0.6) is 5.75 Å². The molecule has 3 aromatic heterocycles. The third kappa shape index (κ3) is 8.92. The lowest BCUT2D eigenvalue weighted by atomic mass is 10.1. The number of nitrogens with zero attached hydrogens (tertiary/aromatic N) is 7. The fraction of sp³-hybridized carbons (Fsp3) is 0.333. The van der Waals surface area contributed by atoms with E-state index in [9.17, 15) is 40.7 Å². The molecule has 4 heterocycles. The van der Waals surface area contributed by atoms with Crippen molar-refractivity contribution in [1.29, 1.82) is 0 Å². The molecule has 2 unspecified atom stereocenters. The highest BCUT2D eigenvalue weighted by Crippen LogP contribution is 2.34. The van der Waals surface area contributed by atoms with E-state index in [1.165, 1.54) is 36.1 Å². The Morgan fingerprint density at radius 3 is 2.50 bits per heavy atom. The van der Waals surface area contributed by atoms with Gasteiger partial charge in [0.15, 0.2) is 11.6 Å². The zero-order chi connectivity index (χ0) is 34.6. The van der Waals surface area contributed by atoms with Gasteiger partial charge in [-0.25, -0.2) is 4.79 Å². The minimum Gasteiger partial charge on any atom is -0.440 e. The number of alkyl halides is 6. The summed E-state index contributed by atoms with van der Waals surface area (Å²) in [5, 5.41) is 25.3. The van der Waals surface area contributed by atoms with Gasteiger partial charge in [-0.15, -0.1) is 33.6 Å². The van der Waals surface area contributed by atoms with E-state index in [1.807, 2.05) is 4.90 Å². The number of aryl methyl sites for hydroxylation is 1. The Labute approximate surface area is 270 Å². The van der Waals surface area contributed by atoms with Crippen molar-refractivity contribution in [2.45, 2.75) is 37.4 Å². The van der Waals surface area contributed by atoms with E-state index in [1.54, 1.807) is 6.07 Å². The molecular formula is C27H23F6N9O5S. The van der Waals surface area contributed by atoms with Gasteiger partial charge in [0.1, 0.15) is 10.8 Å². The Bertz CT molecular complexity index is 1780. The zero-order valence-electron chi connectivity index (χ0n) is 24.4. The average Bonchev–Trinajstić information content (AvgIpc) is 3.76. The van der Waals surface area contributed by atoms with Crippen LogP contribution < -0.4 is 20.3 Å². The van der Waals surface area contributed by atoms with E-state index < -0.39 is 42.2 Å². The molecule has 5 rings (SSSR count). The van der Waals surface area contributed by atoms with E-state index >= 15 is 0 Å². The van der Waals surface area contributed by atoms with Gasteiger partial charge in [0.2, 0.25) is 17.1 Å². The number of carbonyl (C=O) groups is 3. The number of rotatable bonds is 10. The van der Waals surface area contributed by atoms with Gasteiger partial charge in [-0.05, 0) is 36.2 Å². The van der Waals surface area contributed by atoms with Crippen molar-refractivity contribution in [3.05, 3.63) is 64.9 Å². The SMILES string of the molecule is Cn1cc(C(OC(=O)C(F)(F)F)C(=O)Nc2nnc(C3CCN(c4ccc(NC(=O)Cc5cccc(OC(F)(F)F)c5)nn4)C3)s2)cn1. The first kappa shape index (κ1) is 34.0. The maximum atomic E-state index is 12.9. The number of amides is 2. The van der Waals surface area contributed by atoms with E-state index in [-0.39, 0.29) is 28.9 Å². The highest BCUT2D eigenvalue weighted by molar-refractivity contribution is 7.15. The smallest absolute Gasteiger partial charge is 0.440 e. The number of anilines is 3. The average molecular weight is 700 g/mol. The van der Waals surface area contributed by atoms with Crippen LogP contribution in [0.3, 0.4) is 0 Å². The van der Waals surface area contributed by atoms with Crippen molar-refractivity contribution >= 4 is 45.9 Å². The Morgan fingerprint density at radius 1 is 1.04 bits per heavy atom. The number of nitrogens with one attached hydrogen (secondary N) is 2. The minimum atomic E-state index is -5.32. The summed E-state index contributed by atoms with van der Waals surface area (Å²) in [6, 6.07) is 8.17. The molecular weight excluding hydrogens is 676 g/mol.